The number of aliphatic hydroxyl groups excluding tert-OH is 1. The van der Waals surface area contributed by atoms with Crippen LogP contribution in [0.2, 0.25) is 5.02 Å². The van der Waals surface area contributed by atoms with Gasteiger partial charge in [0.15, 0.2) is 0 Å². The SMILES string of the molecule is CCOc1cccc(C2C(=C(O)c3ccc(Cl)cc3)C(=O)C(=O)N2CCOC)c1. The van der Waals surface area contributed by atoms with Crippen LogP contribution in [0.15, 0.2) is 54.1 Å². The molecule has 1 saturated heterocycles. The average Bonchev–Trinajstić information content (AvgIpc) is 2.97. The standard InChI is InChI=1S/C22H22ClNO5/c1-3-29-17-6-4-5-15(13-17)19-18(20(25)14-7-9-16(23)10-8-14)21(26)22(27)24(19)11-12-28-2/h4-10,13,19,25H,3,11-12H2,1-2H3. The van der Waals surface area contributed by atoms with E-state index in [4.69, 9.17) is 21.1 Å². The van der Waals surface area contributed by atoms with Crippen molar-refractivity contribution in [1.82, 2.24) is 4.90 Å². The molecule has 2 aromatic carbocycles. The van der Waals surface area contributed by atoms with Gasteiger partial charge in [-0.15, -0.1) is 0 Å². The number of benzene rings is 2. The number of hydrogen-bond acceptors (Lipinski definition) is 5. The summed E-state index contributed by atoms with van der Waals surface area (Å²) in [5, 5.41) is 11.4. The molecule has 7 heteroatoms. The molecule has 1 aliphatic rings. The van der Waals surface area contributed by atoms with Gasteiger partial charge in [0.25, 0.3) is 11.7 Å². The van der Waals surface area contributed by atoms with E-state index in [0.717, 1.165) is 0 Å². The van der Waals surface area contributed by atoms with Crippen LogP contribution in [0, 0.1) is 0 Å². The monoisotopic (exact) mass is 415 g/mol. The zero-order chi connectivity index (χ0) is 21.0. The number of amides is 1. The second kappa shape index (κ2) is 9.11. The predicted octanol–water partition coefficient (Wildman–Crippen LogP) is 3.81. The molecule has 0 radical (unpaired) electrons. The molecule has 1 heterocycles. The van der Waals surface area contributed by atoms with E-state index in [1.807, 2.05) is 6.92 Å². The number of nitrogens with zero attached hydrogens (tertiary/aromatic N) is 1. The number of carbonyl (C=O) groups excluding carboxylic acids is 2. The van der Waals surface area contributed by atoms with Crippen molar-refractivity contribution in [3.05, 3.63) is 70.3 Å². The quantitative estimate of drug-likeness (QED) is 0.423. The van der Waals surface area contributed by atoms with Crippen molar-refractivity contribution in [3.8, 4) is 5.75 Å². The van der Waals surface area contributed by atoms with Crippen LogP contribution >= 0.6 is 11.6 Å². The lowest BCUT2D eigenvalue weighted by molar-refractivity contribution is -0.140. The van der Waals surface area contributed by atoms with Gasteiger partial charge in [-0.25, -0.2) is 0 Å². The van der Waals surface area contributed by atoms with E-state index in [1.54, 1.807) is 48.5 Å². The summed E-state index contributed by atoms with van der Waals surface area (Å²) >= 11 is 5.93. The van der Waals surface area contributed by atoms with Crippen LogP contribution in [0.4, 0.5) is 0 Å². The Bertz CT molecular complexity index is 938. The molecule has 1 N–H and O–H groups in total. The number of ketones is 1. The smallest absolute Gasteiger partial charge is 0.295 e. The fourth-order valence-electron chi connectivity index (χ4n) is 3.35. The Morgan fingerprint density at radius 3 is 2.55 bits per heavy atom. The van der Waals surface area contributed by atoms with Gasteiger partial charge in [0.05, 0.1) is 24.8 Å². The summed E-state index contributed by atoms with van der Waals surface area (Å²) in [6.07, 6.45) is 0. The van der Waals surface area contributed by atoms with Crippen molar-refractivity contribution in [2.75, 3.05) is 26.9 Å². The Balaban J connectivity index is 2.14. The molecule has 1 aliphatic heterocycles. The fourth-order valence-corrected chi connectivity index (χ4v) is 3.48. The highest BCUT2D eigenvalue weighted by Gasteiger charge is 2.45. The van der Waals surface area contributed by atoms with E-state index in [9.17, 15) is 14.7 Å². The number of halogens is 1. The topological polar surface area (TPSA) is 76.1 Å². The maximum absolute atomic E-state index is 12.8. The minimum absolute atomic E-state index is 0.0297. The lowest BCUT2D eigenvalue weighted by atomic mass is 9.95. The van der Waals surface area contributed by atoms with Gasteiger partial charge < -0.3 is 19.5 Å². The van der Waals surface area contributed by atoms with E-state index < -0.39 is 17.7 Å². The van der Waals surface area contributed by atoms with E-state index in [-0.39, 0.29) is 24.5 Å². The molecule has 29 heavy (non-hydrogen) atoms. The minimum Gasteiger partial charge on any atom is -0.507 e. The third-order valence-electron chi connectivity index (χ3n) is 4.68. The van der Waals surface area contributed by atoms with E-state index in [1.165, 1.54) is 12.0 Å². The van der Waals surface area contributed by atoms with E-state index >= 15 is 0 Å². The van der Waals surface area contributed by atoms with Crippen LogP contribution in [0.3, 0.4) is 0 Å². The molecule has 1 fully saturated rings. The van der Waals surface area contributed by atoms with Crippen molar-refractivity contribution >= 4 is 29.1 Å². The van der Waals surface area contributed by atoms with Crippen LogP contribution in [0.25, 0.3) is 5.76 Å². The Kier molecular flexibility index (Phi) is 6.56. The fraction of sp³-hybridized carbons (Fsp3) is 0.273. The highest BCUT2D eigenvalue weighted by Crippen LogP contribution is 2.40. The molecule has 152 valence electrons. The van der Waals surface area contributed by atoms with Crippen LogP contribution in [-0.2, 0) is 14.3 Å². The molecule has 1 unspecified atom stereocenters. The van der Waals surface area contributed by atoms with Gasteiger partial charge in [-0.2, -0.15) is 0 Å². The highest BCUT2D eigenvalue weighted by atomic mass is 35.5. The van der Waals surface area contributed by atoms with Gasteiger partial charge in [0.1, 0.15) is 11.5 Å². The number of hydrogen-bond donors (Lipinski definition) is 1. The van der Waals surface area contributed by atoms with Gasteiger partial charge >= 0.3 is 0 Å². The van der Waals surface area contributed by atoms with Crippen LogP contribution in [0.1, 0.15) is 24.1 Å². The molecule has 0 saturated carbocycles. The van der Waals surface area contributed by atoms with Gasteiger partial charge in [0.2, 0.25) is 0 Å². The third kappa shape index (κ3) is 4.28. The number of aliphatic hydroxyl groups is 1. The second-order valence-electron chi connectivity index (χ2n) is 6.50. The second-order valence-corrected chi connectivity index (χ2v) is 6.93. The Morgan fingerprint density at radius 2 is 1.90 bits per heavy atom. The number of ether oxygens (including phenoxy) is 2. The zero-order valence-electron chi connectivity index (χ0n) is 16.2. The summed E-state index contributed by atoms with van der Waals surface area (Å²) in [5.74, 6) is -1.04. The molecule has 1 atom stereocenters. The predicted molar refractivity (Wildman–Crippen MR) is 110 cm³/mol. The van der Waals surface area contributed by atoms with Crippen molar-refractivity contribution < 1.29 is 24.2 Å². The molecule has 6 nitrogen and oxygen atoms in total. The molecular weight excluding hydrogens is 394 g/mol. The van der Waals surface area contributed by atoms with E-state index in [0.29, 0.717) is 28.5 Å². The maximum atomic E-state index is 12.8. The van der Waals surface area contributed by atoms with Gasteiger partial charge in [-0.05, 0) is 48.9 Å². The third-order valence-corrected chi connectivity index (χ3v) is 4.93. The van der Waals surface area contributed by atoms with Gasteiger partial charge in [-0.1, -0.05) is 23.7 Å². The number of rotatable bonds is 7. The zero-order valence-corrected chi connectivity index (χ0v) is 17.0. The molecule has 0 spiro atoms. The molecule has 0 aromatic heterocycles. The first-order valence-corrected chi connectivity index (χ1v) is 9.61. The number of likely N-dealkylation sites (tertiary alicyclic amines) is 1. The van der Waals surface area contributed by atoms with Crippen molar-refractivity contribution in [1.29, 1.82) is 0 Å². The first-order chi connectivity index (χ1) is 14.0. The molecule has 0 aliphatic carbocycles. The summed E-state index contributed by atoms with van der Waals surface area (Å²) < 4.78 is 10.7. The van der Waals surface area contributed by atoms with E-state index in [2.05, 4.69) is 0 Å². The van der Waals surface area contributed by atoms with Crippen LogP contribution in [-0.4, -0.2) is 48.6 Å². The lowest BCUT2D eigenvalue weighted by Gasteiger charge is -2.25. The summed E-state index contributed by atoms with van der Waals surface area (Å²) in [7, 11) is 1.52. The first kappa shape index (κ1) is 20.9. The Morgan fingerprint density at radius 1 is 1.17 bits per heavy atom. The summed E-state index contributed by atoms with van der Waals surface area (Å²) in [6, 6.07) is 12.9. The summed E-state index contributed by atoms with van der Waals surface area (Å²) in [4.78, 5) is 27.0. The molecule has 2 aromatic rings. The van der Waals surface area contributed by atoms with Gasteiger partial charge in [0, 0.05) is 24.2 Å². The van der Waals surface area contributed by atoms with Crippen LogP contribution in [0.5, 0.6) is 5.75 Å². The molecular formula is C22H22ClNO5. The van der Waals surface area contributed by atoms with Crippen molar-refractivity contribution in [2.24, 2.45) is 0 Å². The first-order valence-electron chi connectivity index (χ1n) is 9.24. The van der Waals surface area contributed by atoms with Crippen molar-refractivity contribution in [3.63, 3.8) is 0 Å². The molecule has 1 amide bonds. The Labute approximate surface area is 174 Å². The molecule has 3 rings (SSSR count). The summed E-state index contributed by atoms with van der Waals surface area (Å²) in [6.45, 7) is 2.83. The van der Waals surface area contributed by atoms with Crippen LogP contribution < -0.4 is 4.74 Å². The largest absolute Gasteiger partial charge is 0.507 e. The Hall–Kier alpha value is -2.83. The van der Waals surface area contributed by atoms with Crippen molar-refractivity contribution in [2.45, 2.75) is 13.0 Å². The molecule has 0 bridgehead atoms. The summed E-state index contributed by atoms with van der Waals surface area (Å²) in [5.41, 5.74) is 1.11. The highest BCUT2D eigenvalue weighted by molar-refractivity contribution is 6.46. The minimum atomic E-state index is -0.749. The number of methoxy groups -OCH3 is 1. The average molecular weight is 416 g/mol. The maximum Gasteiger partial charge on any atom is 0.295 e. The normalized spacial score (nSPS) is 18.3. The number of carbonyl (C=O) groups is 2. The lowest BCUT2D eigenvalue weighted by Crippen LogP contribution is -2.32. The number of Topliss-reactive ketones (excluding diaryl/α,β-unsaturated/α-hetero) is 1. The van der Waals surface area contributed by atoms with Gasteiger partial charge in [-0.3, -0.25) is 9.59 Å².